The van der Waals surface area contributed by atoms with Crippen LogP contribution in [0.5, 0.6) is 11.5 Å². The van der Waals surface area contributed by atoms with Crippen molar-refractivity contribution in [1.82, 2.24) is 29.5 Å². The van der Waals surface area contributed by atoms with Crippen LogP contribution in [0.1, 0.15) is 19.4 Å². The average Bonchev–Trinajstić information content (AvgIpc) is 3.25. The number of rotatable bonds is 8. The van der Waals surface area contributed by atoms with Crippen molar-refractivity contribution < 1.29 is 9.84 Å². The smallest absolute Gasteiger partial charge is 0.225 e. The van der Waals surface area contributed by atoms with Crippen LogP contribution in [0.15, 0.2) is 55.2 Å². The lowest BCUT2D eigenvalue weighted by Crippen LogP contribution is -2.34. The van der Waals surface area contributed by atoms with Gasteiger partial charge in [0.2, 0.25) is 5.95 Å². The molecule has 2 N–H and O–H groups in total. The Morgan fingerprint density at radius 3 is 2.68 bits per heavy atom. The summed E-state index contributed by atoms with van der Waals surface area (Å²) in [6.45, 7) is 6.65. The summed E-state index contributed by atoms with van der Waals surface area (Å²) in [5.74, 6) is 2.61. The number of nitrogens with one attached hydrogen (secondary N) is 1. The molecule has 0 bridgehead atoms. The zero-order chi connectivity index (χ0) is 26.2. The number of aromatic nitrogens is 6. The lowest BCUT2D eigenvalue weighted by molar-refractivity contribution is 0.165. The van der Waals surface area contributed by atoms with E-state index in [1.54, 1.807) is 12.5 Å². The summed E-state index contributed by atoms with van der Waals surface area (Å²) in [6.07, 6.45) is 4.97. The normalized spacial score (nSPS) is 11.7. The van der Waals surface area contributed by atoms with Crippen molar-refractivity contribution >= 4 is 39.5 Å². The molecule has 2 aromatic carbocycles. The summed E-state index contributed by atoms with van der Waals surface area (Å²) in [5.41, 5.74) is 4.71. The Kier molecular flexibility index (Phi) is 6.34. The molecule has 10 heteroatoms. The minimum Gasteiger partial charge on any atom is -0.457 e. The van der Waals surface area contributed by atoms with Gasteiger partial charge in [0.1, 0.15) is 28.9 Å². The third-order valence-corrected chi connectivity index (χ3v) is 6.16. The first kappa shape index (κ1) is 24.4. The minimum absolute atomic E-state index is 0.0671. The van der Waals surface area contributed by atoms with Crippen molar-refractivity contribution in [2.75, 3.05) is 30.4 Å². The molecule has 0 aliphatic rings. The highest BCUT2D eigenvalue weighted by Gasteiger charge is 2.21. The molecular weight excluding hydrogens is 468 g/mol. The molecule has 0 amide bonds. The Morgan fingerprint density at radius 1 is 1.05 bits per heavy atom. The number of ether oxygens (including phenoxy) is 1. The maximum Gasteiger partial charge on any atom is 0.225 e. The van der Waals surface area contributed by atoms with Gasteiger partial charge in [-0.3, -0.25) is 0 Å². The topological polar surface area (TPSA) is 114 Å². The molecule has 0 aliphatic carbocycles. The summed E-state index contributed by atoms with van der Waals surface area (Å²) < 4.78 is 8.12. The lowest BCUT2D eigenvalue weighted by Gasteiger charge is -2.28. The highest BCUT2D eigenvalue weighted by Crippen LogP contribution is 2.31. The van der Waals surface area contributed by atoms with E-state index in [2.05, 4.69) is 25.3 Å². The van der Waals surface area contributed by atoms with Crippen molar-refractivity contribution in [1.29, 1.82) is 0 Å². The van der Waals surface area contributed by atoms with E-state index < -0.39 is 0 Å². The number of anilines is 3. The van der Waals surface area contributed by atoms with Crippen molar-refractivity contribution in [2.45, 2.75) is 20.8 Å². The summed E-state index contributed by atoms with van der Waals surface area (Å²) >= 11 is 0. The van der Waals surface area contributed by atoms with Gasteiger partial charge in [0.05, 0.1) is 23.6 Å². The maximum absolute atomic E-state index is 9.63. The molecule has 0 atom stereocenters. The van der Waals surface area contributed by atoms with Crippen LogP contribution in [0.2, 0.25) is 0 Å². The molecular formula is C27H30N8O2. The Balaban J connectivity index is 1.38. The van der Waals surface area contributed by atoms with Gasteiger partial charge in [0.25, 0.3) is 0 Å². The van der Waals surface area contributed by atoms with E-state index in [-0.39, 0.29) is 12.0 Å². The van der Waals surface area contributed by atoms with Gasteiger partial charge in [0.15, 0.2) is 5.82 Å². The van der Waals surface area contributed by atoms with Gasteiger partial charge in [-0.1, -0.05) is 13.8 Å². The van der Waals surface area contributed by atoms with E-state index in [1.165, 1.54) is 6.33 Å². The Bertz CT molecular complexity index is 1580. The number of hydrogen-bond donors (Lipinski definition) is 2. The molecule has 0 radical (unpaired) electrons. The highest BCUT2D eigenvalue weighted by atomic mass is 16.5. The van der Waals surface area contributed by atoms with Crippen molar-refractivity contribution in [3.8, 4) is 11.5 Å². The molecule has 0 fully saturated rings. The van der Waals surface area contributed by atoms with E-state index in [0.29, 0.717) is 29.3 Å². The van der Waals surface area contributed by atoms with E-state index in [9.17, 15) is 5.11 Å². The minimum atomic E-state index is -0.286. The van der Waals surface area contributed by atoms with Crippen LogP contribution in [0.4, 0.5) is 17.5 Å². The maximum atomic E-state index is 9.63. The summed E-state index contributed by atoms with van der Waals surface area (Å²) in [4.78, 5) is 24.3. The molecule has 37 heavy (non-hydrogen) atoms. The van der Waals surface area contributed by atoms with Crippen LogP contribution in [0.25, 0.3) is 22.1 Å². The predicted molar refractivity (Wildman–Crippen MR) is 145 cm³/mol. The predicted octanol–water partition coefficient (Wildman–Crippen LogP) is 4.61. The second-order valence-corrected chi connectivity index (χ2v) is 10.0. The number of imidazole rings is 1. The quantitative estimate of drug-likeness (QED) is 0.317. The van der Waals surface area contributed by atoms with Crippen LogP contribution in [0, 0.1) is 12.3 Å². The first-order valence-corrected chi connectivity index (χ1v) is 12.0. The zero-order valence-corrected chi connectivity index (χ0v) is 21.6. The summed E-state index contributed by atoms with van der Waals surface area (Å²) in [5, 5.41) is 13.0. The fourth-order valence-electron chi connectivity index (χ4n) is 4.17. The Hall–Kier alpha value is -4.31. The van der Waals surface area contributed by atoms with Crippen LogP contribution in [-0.2, 0) is 7.05 Å². The van der Waals surface area contributed by atoms with Crippen LogP contribution in [0.3, 0.4) is 0 Å². The lowest BCUT2D eigenvalue weighted by atomic mass is 9.94. The molecule has 10 nitrogen and oxygen atoms in total. The molecule has 0 saturated carbocycles. The third-order valence-electron chi connectivity index (χ3n) is 6.16. The molecule has 0 aliphatic heterocycles. The Labute approximate surface area is 215 Å². The molecule has 5 aromatic rings. The molecule has 190 valence electrons. The fraction of sp³-hybridized carbons (Fsp3) is 0.296. The number of hydrogen-bond acceptors (Lipinski definition) is 9. The average molecular weight is 499 g/mol. The van der Waals surface area contributed by atoms with E-state index >= 15 is 0 Å². The number of aliphatic hydroxyl groups excluding tert-OH is 1. The summed E-state index contributed by atoms with van der Waals surface area (Å²) in [7, 11) is 3.87. The van der Waals surface area contributed by atoms with Gasteiger partial charge in [-0.05, 0) is 42.8 Å². The monoisotopic (exact) mass is 498 g/mol. The zero-order valence-electron chi connectivity index (χ0n) is 21.6. The molecule has 3 aromatic heterocycles. The second-order valence-electron chi connectivity index (χ2n) is 10.0. The number of fused-ring (bicyclic) bond motifs is 2. The van der Waals surface area contributed by atoms with Crippen LogP contribution < -0.4 is 15.0 Å². The van der Waals surface area contributed by atoms with Gasteiger partial charge < -0.3 is 24.6 Å². The summed E-state index contributed by atoms with van der Waals surface area (Å²) in [6, 6.07) is 11.7. The highest BCUT2D eigenvalue weighted by molar-refractivity contribution is 5.87. The number of aliphatic hydroxyl groups is 1. The first-order chi connectivity index (χ1) is 17.7. The van der Waals surface area contributed by atoms with Crippen molar-refractivity contribution in [3.63, 3.8) is 0 Å². The largest absolute Gasteiger partial charge is 0.457 e. The Morgan fingerprint density at radius 2 is 1.89 bits per heavy atom. The van der Waals surface area contributed by atoms with Gasteiger partial charge in [-0.2, -0.15) is 0 Å². The molecule has 0 spiro atoms. The first-order valence-electron chi connectivity index (χ1n) is 12.0. The fourth-order valence-corrected chi connectivity index (χ4v) is 4.17. The molecule has 3 heterocycles. The molecule has 0 unspecified atom stereocenters. The number of nitrogens with zero attached hydrogens (tertiary/aromatic N) is 7. The van der Waals surface area contributed by atoms with E-state index in [1.807, 2.05) is 80.7 Å². The third kappa shape index (κ3) is 5.14. The number of aryl methyl sites for hydroxylation is 2. The second kappa shape index (κ2) is 9.62. The standard InChI is InChI=1S/C27H30N8O2/c1-17-10-18(6-9-23(17)37-19-7-8-22-20(11-19)31-16-35(22)5)32-25-24-21(29-15-30-25)12-28-26(33-24)34(4)13-27(2,3)14-36/h6-12,15-16,36H,13-14H2,1-5H3,(H,29,30,32). The molecule has 0 saturated heterocycles. The molecule has 5 rings (SSSR count). The van der Waals surface area contributed by atoms with Crippen molar-refractivity contribution in [2.24, 2.45) is 12.5 Å². The van der Waals surface area contributed by atoms with E-state index in [4.69, 9.17) is 9.72 Å². The van der Waals surface area contributed by atoms with Gasteiger partial charge in [0, 0.05) is 44.4 Å². The SMILES string of the molecule is Cc1cc(Nc2ncnc3cnc(N(C)CC(C)(C)CO)nc23)ccc1Oc1ccc2c(c1)ncn2C. The van der Waals surface area contributed by atoms with Crippen LogP contribution >= 0.6 is 0 Å². The van der Waals surface area contributed by atoms with Gasteiger partial charge in [-0.15, -0.1) is 0 Å². The van der Waals surface area contributed by atoms with Crippen molar-refractivity contribution in [3.05, 3.63) is 60.8 Å². The van der Waals surface area contributed by atoms with Gasteiger partial charge >= 0.3 is 0 Å². The number of benzene rings is 2. The van der Waals surface area contributed by atoms with Crippen LogP contribution in [-0.4, -0.2) is 54.8 Å². The van der Waals surface area contributed by atoms with Gasteiger partial charge in [-0.25, -0.2) is 24.9 Å². The van der Waals surface area contributed by atoms with E-state index in [0.717, 1.165) is 33.8 Å².